The number of aliphatic hydroxyl groups excluding tert-OH is 1. The van der Waals surface area contributed by atoms with Gasteiger partial charge in [0.25, 0.3) is 0 Å². The van der Waals surface area contributed by atoms with E-state index in [-0.39, 0.29) is 25.4 Å². The summed E-state index contributed by atoms with van der Waals surface area (Å²) in [6.07, 6.45) is -3.04. The first-order chi connectivity index (χ1) is 9.91. The van der Waals surface area contributed by atoms with Crippen molar-refractivity contribution in [3.05, 3.63) is 0 Å². The zero-order chi connectivity index (χ0) is 15.5. The lowest BCUT2D eigenvalue weighted by molar-refractivity contribution is -0.187. The minimum Gasteiger partial charge on any atom is -0.395 e. The Morgan fingerprint density at radius 2 is 1.81 bits per heavy atom. The van der Waals surface area contributed by atoms with E-state index in [1.54, 1.807) is 4.90 Å². The average molecular weight is 308 g/mol. The molecule has 122 valence electrons. The number of rotatable bonds is 3. The van der Waals surface area contributed by atoms with E-state index in [1.165, 1.54) is 0 Å². The molecule has 1 aliphatic carbocycles. The molecule has 0 aromatic rings. The lowest BCUT2D eigenvalue weighted by Crippen LogP contribution is -2.51. The van der Waals surface area contributed by atoms with Crippen LogP contribution in [-0.4, -0.2) is 66.3 Å². The molecule has 2 atom stereocenters. The second-order valence-electron chi connectivity index (χ2n) is 5.99. The van der Waals surface area contributed by atoms with Crippen molar-refractivity contribution in [1.82, 2.24) is 9.80 Å². The second kappa shape index (κ2) is 6.96. The molecule has 1 amide bonds. The first-order valence-electron chi connectivity index (χ1n) is 7.60. The number of nitrogens with zero attached hydrogens (tertiary/aromatic N) is 2. The Balaban J connectivity index is 1.86. The van der Waals surface area contributed by atoms with Gasteiger partial charge in [-0.25, -0.2) is 0 Å². The average Bonchev–Trinajstić information content (AvgIpc) is 2.47. The Kier molecular flexibility index (Phi) is 5.48. The Morgan fingerprint density at radius 1 is 1.14 bits per heavy atom. The molecule has 0 unspecified atom stereocenters. The molecule has 0 radical (unpaired) electrons. The third kappa shape index (κ3) is 4.32. The fourth-order valence-electron chi connectivity index (χ4n) is 3.30. The number of hydrogen-bond donors (Lipinski definition) is 1. The summed E-state index contributed by atoms with van der Waals surface area (Å²) in [5.74, 6) is -1.92. The van der Waals surface area contributed by atoms with Gasteiger partial charge in [-0.15, -0.1) is 0 Å². The monoisotopic (exact) mass is 308 g/mol. The zero-order valence-electron chi connectivity index (χ0n) is 12.1. The Bertz CT molecular complexity index is 355. The second-order valence-corrected chi connectivity index (χ2v) is 5.99. The van der Waals surface area contributed by atoms with Crippen molar-refractivity contribution in [1.29, 1.82) is 0 Å². The maximum absolute atomic E-state index is 12.8. The third-order valence-electron chi connectivity index (χ3n) is 4.59. The predicted molar refractivity (Wildman–Crippen MR) is 71.6 cm³/mol. The van der Waals surface area contributed by atoms with Crippen molar-refractivity contribution in [2.45, 2.75) is 31.9 Å². The first-order valence-corrected chi connectivity index (χ1v) is 7.60. The Labute approximate surface area is 122 Å². The van der Waals surface area contributed by atoms with Crippen LogP contribution in [0.5, 0.6) is 0 Å². The van der Waals surface area contributed by atoms with Gasteiger partial charge in [0.2, 0.25) is 5.91 Å². The van der Waals surface area contributed by atoms with E-state index in [0.717, 1.165) is 0 Å². The lowest BCUT2D eigenvalue weighted by Gasteiger charge is -2.38. The van der Waals surface area contributed by atoms with Crippen LogP contribution in [0.25, 0.3) is 0 Å². The van der Waals surface area contributed by atoms with E-state index in [1.807, 2.05) is 0 Å². The SMILES string of the molecule is O=C([C@H]1CCC[C@@H](C(F)(F)F)C1)N1CCN(CCO)CC1. The van der Waals surface area contributed by atoms with Gasteiger partial charge < -0.3 is 10.0 Å². The summed E-state index contributed by atoms with van der Waals surface area (Å²) >= 11 is 0. The highest BCUT2D eigenvalue weighted by molar-refractivity contribution is 5.79. The fourth-order valence-corrected chi connectivity index (χ4v) is 3.30. The summed E-state index contributed by atoms with van der Waals surface area (Å²) in [6, 6.07) is 0. The molecular weight excluding hydrogens is 285 g/mol. The number of carbonyl (C=O) groups excluding carboxylic acids is 1. The first kappa shape index (κ1) is 16.5. The van der Waals surface area contributed by atoms with Crippen molar-refractivity contribution in [3.8, 4) is 0 Å². The van der Waals surface area contributed by atoms with Gasteiger partial charge in [-0.05, 0) is 19.3 Å². The van der Waals surface area contributed by atoms with Crippen LogP contribution in [0.15, 0.2) is 0 Å². The lowest BCUT2D eigenvalue weighted by atomic mass is 9.80. The van der Waals surface area contributed by atoms with Gasteiger partial charge in [-0.1, -0.05) is 6.42 Å². The molecule has 0 bridgehead atoms. The fraction of sp³-hybridized carbons (Fsp3) is 0.929. The summed E-state index contributed by atoms with van der Waals surface area (Å²) < 4.78 is 38.4. The third-order valence-corrected chi connectivity index (χ3v) is 4.59. The largest absolute Gasteiger partial charge is 0.395 e. The maximum atomic E-state index is 12.8. The number of carbonyl (C=O) groups is 1. The molecule has 1 saturated heterocycles. The highest BCUT2D eigenvalue weighted by Crippen LogP contribution is 2.40. The number of hydrogen-bond acceptors (Lipinski definition) is 3. The zero-order valence-corrected chi connectivity index (χ0v) is 12.1. The number of amides is 1. The van der Waals surface area contributed by atoms with Crippen molar-refractivity contribution < 1.29 is 23.1 Å². The van der Waals surface area contributed by atoms with E-state index >= 15 is 0 Å². The van der Waals surface area contributed by atoms with Gasteiger partial charge in [-0.3, -0.25) is 9.69 Å². The molecule has 2 fully saturated rings. The molecule has 21 heavy (non-hydrogen) atoms. The van der Waals surface area contributed by atoms with Crippen LogP contribution in [0.3, 0.4) is 0 Å². The van der Waals surface area contributed by atoms with Crippen LogP contribution in [0.2, 0.25) is 0 Å². The molecule has 4 nitrogen and oxygen atoms in total. The summed E-state index contributed by atoms with van der Waals surface area (Å²) in [5, 5.41) is 8.87. The van der Waals surface area contributed by atoms with Gasteiger partial charge in [0.05, 0.1) is 12.5 Å². The van der Waals surface area contributed by atoms with Gasteiger partial charge >= 0.3 is 6.18 Å². The number of halogens is 3. The van der Waals surface area contributed by atoms with E-state index in [4.69, 9.17) is 5.11 Å². The number of piperazine rings is 1. The van der Waals surface area contributed by atoms with Crippen LogP contribution in [0.1, 0.15) is 25.7 Å². The molecule has 2 aliphatic rings. The highest BCUT2D eigenvalue weighted by atomic mass is 19.4. The van der Waals surface area contributed by atoms with Crippen molar-refractivity contribution in [3.63, 3.8) is 0 Å². The minimum atomic E-state index is -4.18. The number of alkyl halides is 3. The van der Waals surface area contributed by atoms with Crippen LogP contribution >= 0.6 is 0 Å². The van der Waals surface area contributed by atoms with Crippen molar-refractivity contribution in [2.75, 3.05) is 39.3 Å². The van der Waals surface area contributed by atoms with Gasteiger partial charge in [0.15, 0.2) is 0 Å². The predicted octanol–water partition coefficient (Wildman–Crippen LogP) is 1.49. The number of β-amino-alcohol motifs (C(OH)–C–C–N with tert-alkyl or cyclic N) is 1. The molecular formula is C14H23F3N2O2. The van der Waals surface area contributed by atoms with E-state index in [0.29, 0.717) is 45.6 Å². The van der Waals surface area contributed by atoms with Gasteiger partial charge in [0.1, 0.15) is 0 Å². The summed E-state index contributed by atoms with van der Waals surface area (Å²) in [6.45, 7) is 3.13. The summed E-state index contributed by atoms with van der Waals surface area (Å²) in [5.41, 5.74) is 0. The van der Waals surface area contributed by atoms with Crippen molar-refractivity contribution in [2.24, 2.45) is 11.8 Å². The number of aliphatic hydroxyl groups is 1. The minimum absolute atomic E-state index is 0.0564. The molecule has 1 aliphatic heterocycles. The standard InChI is InChI=1S/C14H23F3N2O2/c15-14(16,17)12-3-1-2-11(10-12)13(21)19-6-4-18(5-7-19)8-9-20/h11-12,20H,1-10H2/t11-,12+/m0/s1. The van der Waals surface area contributed by atoms with Gasteiger partial charge in [0, 0.05) is 38.6 Å². The molecule has 2 rings (SSSR count). The highest BCUT2D eigenvalue weighted by Gasteiger charge is 2.44. The van der Waals surface area contributed by atoms with Crippen LogP contribution < -0.4 is 0 Å². The van der Waals surface area contributed by atoms with Crippen LogP contribution in [0, 0.1) is 11.8 Å². The van der Waals surface area contributed by atoms with E-state index in [2.05, 4.69) is 4.90 Å². The molecule has 1 N–H and O–H groups in total. The normalized spacial score (nSPS) is 28.7. The summed E-state index contributed by atoms with van der Waals surface area (Å²) in [7, 11) is 0. The smallest absolute Gasteiger partial charge is 0.391 e. The maximum Gasteiger partial charge on any atom is 0.391 e. The Hall–Kier alpha value is -0.820. The van der Waals surface area contributed by atoms with E-state index < -0.39 is 18.0 Å². The quantitative estimate of drug-likeness (QED) is 0.859. The molecule has 0 aromatic heterocycles. The molecule has 0 spiro atoms. The molecule has 1 heterocycles. The molecule has 0 aromatic carbocycles. The van der Waals surface area contributed by atoms with Crippen molar-refractivity contribution >= 4 is 5.91 Å². The topological polar surface area (TPSA) is 43.8 Å². The molecule has 7 heteroatoms. The van der Waals surface area contributed by atoms with Crippen LogP contribution in [0.4, 0.5) is 13.2 Å². The van der Waals surface area contributed by atoms with Crippen LogP contribution in [-0.2, 0) is 4.79 Å². The Morgan fingerprint density at radius 3 is 2.38 bits per heavy atom. The molecule has 1 saturated carbocycles. The summed E-state index contributed by atoms with van der Waals surface area (Å²) in [4.78, 5) is 16.1. The van der Waals surface area contributed by atoms with E-state index in [9.17, 15) is 18.0 Å². The van der Waals surface area contributed by atoms with Gasteiger partial charge in [-0.2, -0.15) is 13.2 Å².